The van der Waals surface area contributed by atoms with E-state index < -0.39 is 18.5 Å². The van der Waals surface area contributed by atoms with Crippen LogP contribution in [0.3, 0.4) is 0 Å². The van der Waals surface area contributed by atoms with E-state index >= 15 is 0 Å². The third kappa shape index (κ3) is 4.75. The van der Waals surface area contributed by atoms with Crippen LogP contribution in [0.15, 0.2) is 30.3 Å². The summed E-state index contributed by atoms with van der Waals surface area (Å²) in [6.07, 6.45) is -5.49. The molecule has 1 amide bonds. The van der Waals surface area contributed by atoms with Gasteiger partial charge in [-0.25, -0.2) is 0 Å². The molecule has 2 N–H and O–H groups in total. The van der Waals surface area contributed by atoms with Gasteiger partial charge in [-0.05, 0) is 25.1 Å². The predicted molar refractivity (Wildman–Crippen MR) is 63.1 cm³/mol. The molecule has 0 bridgehead atoms. The van der Waals surface area contributed by atoms with Crippen LogP contribution in [0.2, 0.25) is 0 Å². The summed E-state index contributed by atoms with van der Waals surface area (Å²) in [4.78, 5) is 12.8. The van der Waals surface area contributed by atoms with Crippen molar-refractivity contribution in [3.8, 4) is 0 Å². The molecule has 0 spiro atoms. The van der Waals surface area contributed by atoms with Crippen molar-refractivity contribution in [1.29, 1.82) is 0 Å². The Bertz CT molecular complexity index is 379. The minimum atomic E-state index is -4.49. The third-order valence-corrected chi connectivity index (χ3v) is 2.31. The molecule has 0 aromatic heterocycles. The molecule has 1 aromatic rings. The molecule has 100 valence electrons. The Labute approximate surface area is 103 Å². The smallest absolute Gasteiger partial charge is 0.330 e. The number of halogens is 3. The fraction of sp³-hybridized carbons (Fsp3) is 0.417. The standard InChI is InChI=1S/C12H15F3N2O/c13-12(14,15)9-11(18)17(8-4-7-16)10-5-2-1-3-6-10/h1-3,5-6H,4,7-9,16H2. The number of carbonyl (C=O) groups is 1. The summed E-state index contributed by atoms with van der Waals surface area (Å²) in [6.45, 7) is 0.512. The Morgan fingerprint density at radius 3 is 2.33 bits per heavy atom. The second-order valence-electron chi connectivity index (χ2n) is 3.82. The summed E-state index contributed by atoms with van der Waals surface area (Å²) in [5.74, 6) is -0.956. The highest BCUT2D eigenvalue weighted by Crippen LogP contribution is 2.23. The van der Waals surface area contributed by atoms with Gasteiger partial charge in [0.15, 0.2) is 0 Å². The molecule has 0 fully saturated rings. The van der Waals surface area contributed by atoms with Crippen LogP contribution in [0, 0.1) is 0 Å². The highest BCUT2D eigenvalue weighted by atomic mass is 19.4. The van der Waals surface area contributed by atoms with E-state index in [0.29, 0.717) is 18.7 Å². The zero-order valence-corrected chi connectivity index (χ0v) is 9.78. The molecule has 0 atom stereocenters. The van der Waals surface area contributed by atoms with Crippen molar-refractivity contribution in [2.24, 2.45) is 5.73 Å². The number of carbonyl (C=O) groups excluding carboxylic acids is 1. The molecule has 1 rings (SSSR count). The summed E-state index contributed by atoms with van der Waals surface area (Å²) in [6, 6.07) is 8.28. The first kappa shape index (κ1) is 14.5. The van der Waals surface area contributed by atoms with Gasteiger partial charge in [-0.1, -0.05) is 18.2 Å². The maximum atomic E-state index is 12.2. The summed E-state index contributed by atoms with van der Waals surface area (Å²) in [7, 11) is 0. The van der Waals surface area contributed by atoms with E-state index in [4.69, 9.17) is 5.73 Å². The highest BCUT2D eigenvalue weighted by molar-refractivity contribution is 5.93. The van der Waals surface area contributed by atoms with E-state index in [0.717, 1.165) is 4.90 Å². The lowest BCUT2D eigenvalue weighted by molar-refractivity contribution is -0.151. The number of amides is 1. The normalized spacial score (nSPS) is 11.3. The van der Waals surface area contributed by atoms with Gasteiger partial charge in [-0.15, -0.1) is 0 Å². The molecule has 0 saturated carbocycles. The topological polar surface area (TPSA) is 46.3 Å². The van der Waals surface area contributed by atoms with Crippen LogP contribution in [0.5, 0.6) is 0 Å². The summed E-state index contributed by atoms with van der Waals surface area (Å²) in [5.41, 5.74) is 5.78. The predicted octanol–water partition coefficient (Wildman–Crippen LogP) is 2.32. The van der Waals surface area contributed by atoms with Gasteiger partial charge in [0, 0.05) is 12.2 Å². The molecule has 0 unspecified atom stereocenters. The largest absolute Gasteiger partial charge is 0.397 e. The number of nitrogens with two attached hydrogens (primary N) is 1. The Balaban J connectivity index is 2.82. The molecular formula is C12H15F3N2O. The molecule has 0 aliphatic rings. The molecule has 0 aliphatic carbocycles. The van der Waals surface area contributed by atoms with Crippen LogP contribution in [0.4, 0.5) is 18.9 Å². The number of hydrogen-bond donors (Lipinski definition) is 1. The van der Waals surface area contributed by atoms with E-state index in [2.05, 4.69) is 0 Å². The quantitative estimate of drug-likeness (QED) is 0.883. The van der Waals surface area contributed by atoms with Crippen LogP contribution in [-0.4, -0.2) is 25.2 Å². The minimum Gasteiger partial charge on any atom is -0.330 e. The van der Waals surface area contributed by atoms with Crippen LogP contribution >= 0.6 is 0 Å². The van der Waals surface area contributed by atoms with Crippen molar-refractivity contribution < 1.29 is 18.0 Å². The monoisotopic (exact) mass is 260 g/mol. The maximum Gasteiger partial charge on any atom is 0.397 e. The van der Waals surface area contributed by atoms with Crippen LogP contribution < -0.4 is 10.6 Å². The van der Waals surface area contributed by atoms with Crippen molar-refractivity contribution in [3.63, 3.8) is 0 Å². The van der Waals surface area contributed by atoms with Crippen molar-refractivity contribution in [2.45, 2.75) is 19.0 Å². The van der Waals surface area contributed by atoms with E-state index in [1.54, 1.807) is 30.3 Å². The van der Waals surface area contributed by atoms with E-state index in [-0.39, 0.29) is 6.54 Å². The number of anilines is 1. The average Bonchev–Trinajstić information content (AvgIpc) is 2.28. The number of hydrogen-bond acceptors (Lipinski definition) is 2. The van der Waals surface area contributed by atoms with Crippen molar-refractivity contribution >= 4 is 11.6 Å². The van der Waals surface area contributed by atoms with E-state index in [1.165, 1.54) is 0 Å². The van der Waals surface area contributed by atoms with Crippen LogP contribution in [0.25, 0.3) is 0 Å². The Morgan fingerprint density at radius 1 is 1.22 bits per heavy atom. The lowest BCUT2D eigenvalue weighted by atomic mass is 10.2. The zero-order chi connectivity index (χ0) is 13.6. The second kappa shape index (κ2) is 6.39. The molecule has 1 aromatic carbocycles. The van der Waals surface area contributed by atoms with Gasteiger partial charge in [0.05, 0.1) is 0 Å². The number of para-hydroxylation sites is 1. The first-order valence-electron chi connectivity index (χ1n) is 5.56. The van der Waals surface area contributed by atoms with Crippen LogP contribution in [0.1, 0.15) is 12.8 Å². The molecule has 0 radical (unpaired) electrons. The number of nitrogens with zero attached hydrogens (tertiary/aromatic N) is 1. The van der Waals surface area contributed by atoms with E-state index in [9.17, 15) is 18.0 Å². The Morgan fingerprint density at radius 2 is 1.83 bits per heavy atom. The number of alkyl halides is 3. The zero-order valence-electron chi connectivity index (χ0n) is 9.78. The van der Waals surface area contributed by atoms with Gasteiger partial charge in [0.2, 0.25) is 5.91 Å². The first-order chi connectivity index (χ1) is 8.44. The van der Waals surface area contributed by atoms with Gasteiger partial charge in [0.1, 0.15) is 6.42 Å². The Hall–Kier alpha value is -1.56. The maximum absolute atomic E-state index is 12.2. The highest BCUT2D eigenvalue weighted by Gasteiger charge is 2.33. The van der Waals surface area contributed by atoms with Crippen molar-refractivity contribution in [2.75, 3.05) is 18.0 Å². The number of rotatable bonds is 5. The fourth-order valence-electron chi connectivity index (χ4n) is 1.52. The van der Waals surface area contributed by atoms with Gasteiger partial charge in [-0.3, -0.25) is 4.79 Å². The van der Waals surface area contributed by atoms with Crippen molar-refractivity contribution in [1.82, 2.24) is 0 Å². The summed E-state index contributed by atoms with van der Waals surface area (Å²) < 4.78 is 36.7. The van der Waals surface area contributed by atoms with Crippen LogP contribution in [-0.2, 0) is 4.79 Å². The molecule has 3 nitrogen and oxygen atoms in total. The van der Waals surface area contributed by atoms with Gasteiger partial charge >= 0.3 is 6.18 Å². The molecule has 18 heavy (non-hydrogen) atoms. The van der Waals surface area contributed by atoms with Gasteiger partial charge < -0.3 is 10.6 Å². The lowest BCUT2D eigenvalue weighted by Crippen LogP contribution is -2.35. The van der Waals surface area contributed by atoms with Gasteiger partial charge in [0.25, 0.3) is 0 Å². The first-order valence-corrected chi connectivity index (χ1v) is 5.56. The molecule has 6 heteroatoms. The number of benzene rings is 1. The molecular weight excluding hydrogens is 245 g/mol. The average molecular weight is 260 g/mol. The Kier molecular flexibility index (Phi) is 5.15. The fourth-order valence-corrected chi connectivity index (χ4v) is 1.52. The summed E-state index contributed by atoms with van der Waals surface area (Å²) >= 11 is 0. The third-order valence-electron chi connectivity index (χ3n) is 2.31. The van der Waals surface area contributed by atoms with Gasteiger partial charge in [-0.2, -0.15) is 13.2 Å². The molecule has 0 saturated heterocycles. The summed E-state index contributed by atoms with van der Waals surface area (Å²) in [5, 5.41) is 0. The van der Waals surface area contributed by atoms with Crippen molar-refractivity contribution in [3.05, 3.63) is 30.3 Å². The second-order valence-corrected chi connectivity index (χ2v) is 3.82. The minimum absolute atomic E-state index is 0.190. The lowest BCUT2D eigenvalue weighted by Gasteiger charge is -2.23. The SMILES string of the molecule is NCCCN(C(=O)CC(F)(F)F)c1ccccc1. The van der Waals surface area contributed by atoms with E-state index in [1.807, 2.05) is 0 Å². The molecule has 0 aliphatic heterocycles. The molecule has 0 heterocycles.